The second-order valence-corrected chi connectivity index (χ2v) is 9.45. The highest BCUT2D eigenvalue weighted by Gasteiger charge is 2.53. The first kappa shape index (κ1) is 25.2. The number of benzene rings is 1. The number of nitrogens with one attached hydrogen (secondary N) is 1. The first-order valence-corrected chi connectivity index (χ1v) is 12.5. The van der Waals surface area contributed by atoms with Crippen LogP contribution in [0.3, 0.4) is 0 Å². The average molecular weight is 532 g/mol. The second-order valence-electron chi connectivity index (χ2n) is 7.41. The van der Waals surface area contributed by atoms with Crippen LogP contribution in [0.4, 0.5) is 5.13 Å². The van der Waals surface area contributed by atoms with Crippen LogP contribution in [0, 0.1) is 0 Å². The number of nitrogens with zero attached hydrogens (tertiary/aromatic N) is 3. The van der Waals surface area contributed by atoms with Crippen molar-refractivity contribution < 1.29 is 33.5 Å². The first-order valence-electron chi connectivity index (χ1n) is 10.6. The van der Waals surface area contributed by atoms with Crippen molar-refractivity contribution in [2.45, 2.75) is 24.6 Å². The number of thioether (sulfide) groups is 1. The second kappa shape index (κ2) is 10.8. The van der Waals surface area contributed by atoms with E-state index in [-0.39, 0.29) is 22.2 Å². The molecule has 2 aliphatic heterocycles. The maximum atomic E-state index is 12.9. The van der Waals surface area contributed by atoms with Gasteiger partial charge < -0.3 is 25.4 Å². The number of fused-ring (bicyclic) bond motifs is 1. The Morgan fingerprint density at radius 1 is 1.22 bits per heavy atom. The number of amides is 2. The summed E-state index contributed by atoms with van der Waals surface area (Å²) in [5.74, 6) is -2.27. The van der Waals surface area contributed by atoms with Crippen LogP contribution in [0.2, 0.25) is 0 Å². The molecule has 0 bridgehead atoms. The van der Waals surface area contributed by atoms with E-state index < -0.39 is 41.5 Å². The number of nitrogen functional groups attached to an aromatic ring is 1. The number of thiazole rings is 1. The zero-order valence-electron chi connectivity index (χ0n) is 19.1. The number of rotatable bonds is 8. The van der Waals surface area contributed by atoms with Gasteiger partial charge in [-0.3, -0.25) is 14.5 Å². The van der Waals surface area contributed by atoms with Crippen LogP contribution in [0.1, 0.15) is 23.0 Å². The van der Waals surface area contributed by atoms with Crippen molar-refractivity contribution in [2.24, 2.45) is 5.16 Å². The number of hydrogen-bond acceptors (Lipinski definition) is 12. The van der Waals surface area contributed by atoms with Gasteiger partial charge in [-0.15, -0.1) is 23.1 Å². The lowest BCUT2D eigenvalue weighted by atomic mass is 10.0. The Morgan fingerprint density at radius 3 is 2.61 bits per heavy atom. The van der Waals surface area contributed by atoms with E-state index >= 15 is 0 Å². The Labute approximate surface area is 213 Å². The standard InChI is InChI=1S/C22H21N5O7S2/c1-11(33-20(30)12-6-4-3-5-7-12)34-21(31)14-8-9-35-19-16(18(29)27(14)19)25-17(28)15(26-32-2)13-10-36-22(23)24-13/h3-8,10-11,16,19H,9H2,1-2H3,(H2,23,24)(H,25,28)/b26-15+. The molecule has 4 rings (SSSR count). The first-order chi connectivity index (χ1) is 17.3. The monoisotopic (exact) mass is 531 g/mol. The van der Waals surface area contributed by atoms with Crippen molar-refractivity contribution in [2.75, 3.05) is 18.6 Å². The molecule has 1 fully saturated rings. The van der Waals surface area contributed by atoms with Crippen LogP contribution >= 0.6 is 23.1 Å². The molecule has 3 unspecified atom stereocenters. The molecule has 2 aliphatic rings. The van der Waals surface area contributed by atoms with Gasteiger partial charge in [-0.25, -0.2) is 14.6 Å². The van der Waals surface area contributed by atoms with Crippen molar-refractivity contribution in [3.63, 3.8) is 0 Å². The molecule has 14 heteroatoms. The Kier molecular flexibility index (Phi) is 7.55. The largest absolute Gasteiger partial charge is 0.422 e. The fourth-order valence-corrected chi connectivity index (χ4v) is 5.20. The number of hydrogen-bond donors (Lipinski definition) is 2. The molecule has 3 atom stereocenters. The van der Waals surface area contributed by atoms with Gasteiger partial charge in [0.05, 0.1) is 5.56 Å². The summed E-state index contributed by atoms with van der Waals surface area (Å²) in [5, 5.41) is 7.56. The fourth-order valence-electron chi connectivity index (χ4n) is 3.46. The fraction of sp³-hybridized carbons (Fsp3) is 0.273. The summed E-state index contributed by atoms with van der Waals surface area (Å²) in [4.78, 5) is 60.6. The normalized spacial score (nSPS) is 19.8. The summed E-state index contributed by atoms with van der Waals surface area (Å²) in [5.41, 5.74) is 6.02. The smallest absolute Gasteiger partial charge is 0.357 e. The number of aromatic nitrogens is 1. The maximum absolute atomic E-state index is 12.9. The van der Waals surface area contributed by atoms with Gasteiger partial charge in [-0.1, -0.05) is 23.4 Å². The van der Waals surface area contributed by atoms with Gasteiger partial charge in [0.15, 0.2) is 10.8 Å². The van der Waals surface area contributed by atoms with E-state index in [2.05, 4.69) is 15.5 Å². The molecule has 3 heterocycles. The number of nitrogens with two attached hydrogens (primary N) is 1. The molecule has 0 spiro atoms. The lowest BCUT2D eigenvalue weighted by Crippen LogP contribution is -2.70. The van der Waals surface area contributed by atoms with E-state index in [0.29, 0.717) is 11.3 Å². The maximum Gasteiger partial charge on any atom is 0.357 e. The zero-order valence-corrected chi connectivity index (χ0v) is 20.7. The summed E-state index contributed by atoms with van der Waals surface area (Å²) in [6, 6.07) is 7.34. The number of carbonyl (C=O) groups excluding carboxylic acids is 4. The number of ether oxygens (including phenoxy) is 2. The van der Waals surface area contributed by atoms with Gasteiger partial charge in [-0.2, -0.15) is 0 Å². The molecule has 1 aromatic carbocycles. The molecular weight excluding hydrogens is 510 g/mol. The molecular formula is C22H21N5O7S2. The van der Waals surface area contributed by atoms with Gasteiger partial charge in [0.2, 0.25) is 6.29 Å². The third-order valence-electron chi connectivity index (χ3n) is 5.06. The zero-order chi connectivity index (χ0) is 25.8. The van der Waals surface area contributed by atoms with Crippen LogP contribution in [-0.2, 0) is 28.7 Å². The van der Waals surface area contributed by atoms with E-state index in [0.717, 1.165) is 11.3 Å². The average Bonchev–Trinajstić information content (AvgIpc) is 3.31. The quantitative estimate of drug-likeness (QED) is 0.166. The van der Waals surface area contributed by atoms with Crippen molar-refractivity contribution >= 4 is 57.7 Å². The minimum Gasteiger partial charge on any atom is -0.422 e. The Morgan fingerprint density at radius 2 is 1.94 bits per heavy atom. The summed E-state index contributed by atoms with van der Waals surface area (Å²) >= 11 is 2.48. The highest BCUT2D eigenvalue weighted by molar-refractivity contribution is 8.00. The lowest BCUT2D eigenvalue weighted by molar-refractivity contribution is -0.166. The molecule has 0 saturated carbocycles. The summed E-state index contributed by atoms with van der Waals surface area (Å²) < 4.78 is 10.4. The molecule has 3 N–H and O–H groups in total. The van der Waals surface area contributed by atoms with Crippen LogP contribution in [0.15, 0.2) is 52.6 Å². The van der Waals surface area contributed by atoms with E-state index in [9.17, 15) is 19.2 Å². The number of esters is 2. The van der Waals surface area contributed by atoms with Gasteiger partial charge in [0.25, 0.3) is 11.8 Å². The SMILES string of the molecule is CO/N=C(/C(=O)NC1C(=O)N2C(C(=O)OC(C)OC(=O)c3ccccc3)=CCSC12)c1csc(N)n1. The third kappa shape index (κ3) is 5.18. The molecule has 0 aliphatic carbocycles. The van der Waals surface area contributed by atoms with E-state index in [1.54, 1.807) is 41.8 Å². The Hall–Kier alpha value is -3.91. The predicted molar refractivity (Wildman–Crippen MR) is 131 cm³/mol. The van der Waals surface area contributed by atoms with Crippen molar-refractivity contribution in [1.29, 1.82) is 0 Å². The van der Waals surface area contributed by atoms with E-state index in [1.807, 2.05) is 0 Å². The van der Waals surface area contributed by atoms with Crippen LogP contribution in [0.5, 0.6) is 0 Å². The van der Waals surface area contributed by atoms with Crippen molar-refractivity contribution in [3.8, 4) is 0 Å². The minimum atomic E-state index is -1.19. The summed E-state index contributed by atoms with van der Waals surface area (Å²) in [7, 11) is 1.27. The van der Waals surface area contributed by atoms with Crippen LogP contribution in [-0.4, -0.2) is 69.9 Å². The molecule has 2 amide bonds. The van der Waals surface area contributed by atoms with E-state index in [4.69, 9.17) is 20.0 Å². The molecule has 188 valence electrons. The minimum absolute atomic E-state index is 0.00918. The third-order valence-corrected chi connectivity index (χ3v) is 6.92. The molecule has 0 radical (unpaired) electrons. The number of carbonyl (C=O) groups is 4. The van der Waals surface area contributed by atoms with E-state index in [1.165, 1.54) is 30.7 Å². The van der Waals surface area contributed by atoms with Gasteiger partial charge >= 0.3 is 11.9 Å². The molecule has 1 saturated heterocycles. The molecule has 12 nitrogen and oxygen atoms in total. The molecule has 36 heavy (non-hydrogen) atoms. The summed E-state index contributed by atoms with van der Waals surface area (Å²) in [6.45, 7) is 1.40. The van der Waals surface area contributed by atoms with Crippen molar-refractivity contribution in [1.82, 2.24) is 15.2 Å². The Balaban J connectivity index is 1.37. The highest BCUT2D eigenvalue weighted by atomic mass is 32.2. The van der Waals surface area contributed by atoms with Gasteiger partial charge in [-0.05, 0) is 18.2 Å². The van der Waals surface area contributed by atoms with Crippen LogP contribution < -0.4 is 11.1 Å². The number of β-lactam (4-membered cyclic amide) rings is 1. The molecule has 1 aromatic heterocycles. The summed E-state index contributed by atoms with van der Waals surface area (Å²) in [6.07, 6.45) is 0.352. The highest BCUT2D eigenvalue weighted by Crippen LogP contribution is 2.38. The van der Waals surface area contributed by atoms with Crippen LogP contribution in [0.25, 0.3) is 0 Å². The number of oxime groups is 1. The lowest BCUT2D eigenvalue weighted by Gasteiger charge is -2.48. The van der Waals surface area contributed by atoms with Crippen molar-refractivity contribution in [3.05, 3.63) is 58.7 Å². The predicted octanol–water partition coefficient (Wildman–Crippen LogP) is 1.11. The number of anilines is 1. The van der Waals surface area contributed by atoms with Gasteiger partial charge in [0.1, 0.15) is 29.9 Å². The van der Waals surface area contributed by atoms with Gasteiger partial charge in [0, 0.05) is 18.1 Å². The molecule has 2 aromatic rings. The Bertz CT molecular complexity index is 1250. The topological polar surface area (TPSA) is 163 Å².